The fraction of sp³-hybridized carbons (Fsp3) is 0.850. The molecule has 1 aliphatic heterocycles. The Morgan fingerprint density at radius 1 is 1.30 bits per heavy atom. The van der Waals surface area contributed by atoms with E-state index in [1.165, 1.54) is 12.8 Å². The van der Waals surface area contributed by atoms with Crippen LogP contribution in [0, 0.1) is 34.5 Å². The summed E-state index contributed by atoms with van der Waals surface area (Å²) < 4.78 is 6.27. The van der Waals surface area contributed by atoms with Crippen molar-refractivity contribution in [3.05, 3.63) is 11.6 Å². The smallest absolute Gasteiger partial charge is 0.306 e. The SMILES string of the molecule is CC1=CCC[C@]2(C)[C@H]3CC[C@H](C(=O)O)[C@@H]4CCO[C@H](C[C@@H]12)[C@]34C. The number of fused-ring (bicyclic) bond motifs is 2. The Kier molecular flexibility index (Phi) is 3.46. The molecule has 4 aliphatic rings. The van der Waals surface area contributed by atoms with Gasteiger partial charge in [0.25, 0.3) is 0 Å². The van der Waals surface area contributed by atoms with Crippen molar-refractivity contribution in [2.75, 3.05) is 6.61 Å². The predicted molar refractivity (Wildman–Crippen MR) is 89.0 cm³/mol. The van der Waals surface area contributed by atoms with Crippen LogP contribution in [0.1, 0.15) is 59.3 Å². The molecule has 4 rings (SSSR count). The summed E-state index contributed by atoms with van der Waals surface area (Å²) in [4.78, 5) is 11.8. The molecule has 0 spiro atoms. The molecule has 0 amide bonds. The van der Waals surface area contributed by atoms with Crippen molar-refractivity contribution in [2.45, 2.75) is 65.4 Å². The summed E-state index contributed by atoms with van der Waals surface area (Å²) in [5.41, 5.74) is 1.92. The van der Waals surface area contributed by atoms with Gasteiger partial charge in [-0.25, -0.2) is 0 Å². The van der Waals surface area contributed by atoms with Gasteiger partial charge >= 0.3 is 5.97 Å². The molecule has 0 radical (unpaired) electrons. The maximum atomic E-state index is 11.8. The van der Waals surface area contributed by atoms with Crippen LogP contribution in [0.25, 0.3) is 0 Å². The molecule has 0 aromatic carbocycles. The highest BCUT2D eigenvalue weighted by Crippen LogP contribution is 2.68. The van der Waals surface area contributed by atoms with Crippen LogP contribution in [0.5, 0.6) is 0 Å². The summed E-state index contributed by atoms with van der Waals surface area (Å²) >= 11 is 0. The first-order valence-corrected chi connectivity index (χ1v) is 9.40. The highest BCUT2D eigenvalue weighted by molar-refractivity contribution is 5.70. The Morgan fingerprint density at radius 2 is 2.09 bits per heavy atom. The van der Waals surface area contributed by atoms with Gasteiger partial charge in [0, 0.05) is 12.0 Å². The number of carboxylic acids is 1. The van der Waals surface area contributed by atoms with Gasteiger partial charge in [-0.1, -0.05) is 25.5 Å². The summed E-state index contributed by atoms with van der Waals surface area (Å²) in [6, 6.07) is 0. The maximum Gasteiger partial charge on any atom is 0.306 e. The van der Waals surface area contributed by atoms with Crippen molar-refractivity contribution in [1.82, 2.24) is 0 Å². The molecule has 128 valence electrons. The highest BCUT2D eigenvalue weighted by Gasteiger charge is 2.65. The van der Waals surface area contributed by atoms with Gasteiger partial charge in [-0.2, -0.15) is 0 Å². The second-order valence-corrected chi connectivity index (χ2v) is 8.98. The van der Waals surface area contributed by atoms with Crippen LogP contribution in [0.4, 0.5) is 0 Å². The third-order valence-electron chi connectivity index (χ3n) is 8.30. The first-order chi connectivity index (χ1) is 10.9. The summed E-state index contributed by atoms with van der Waals surface area (Å²) in [7, 11) is 0. The van der Waals surface area contributed by atoms with Crippen molar-refractivity contribution in [3.63, 3.8) is 0 Å². The lowest BCUT2D eigenvalue weighted by Gasteiger charge is -2.67. The average Bonchev–Trinajstić information content (AvgIpc) is 2.49. The number of allylic oxidation sites excluding steroid dienone is 2. The van der Waals surface area contributed by atoms with E-state index in [0.717, 1.165) is 32.3 Å². The Morgan fingerprint density at radius 3 is 2.83 bits per heavy atom. The molecule has 2 saturated carbocycles. The molecule has 0 aromatic heterocycles. The number of ether oxygens (including phenoxy) is 1. The fourth-order valence-electron chi connectivity index (χ4n) is 7.23. The van der Waals surface area contributed by atoms with E-state index in [0.29, 0.717) is 23.2 Å². The van der Waals surface area contributed by atoms with E-state index in [9.17, 15) is 9.90 Å². The molecule has 1 heterocycles. The summed E-state index contributed by atoms with van der Waals surface area (Å²) in [6.45, 7) is 7.91. The zero-order chi connectivity index (χ0) is 16.4. The van der Waals surface area contributed by atoms with Gasteiger partial charge < -0.3 is 9.84 Å². The number of rotatable bonds is 1. The van der Waals surface area contributed by atoms with Gasteiger partial charge in [0.15, 0.2) is 0 Å². The van der Waals surface area contributed by atoms with Crippen molar-refractivity contribution in [2.24, 2.45) is 34.5 Å². The minimum Gasteiger partial charge on any atom is -0.481 e. The van der Waals surface area contributed by atoms with E-state index in [1.807, 2.05) is 0 Å². The van der Waals surface area contributed by atoms with E-state index in [4.69, 9.17) is 4.74 Å². The molecule has 3 nitrogen and oxygen atoms in total. The van der Waals surface area contributed by atoms with Gasteiger partial charge in [-0.3, -0.25) is 4.79 Å². The predicted octanol–water partition coefficient (Wildman–Crippen LogP) is 4.27. The van der Waals surface area contributed by atoms with E-state index in [-0.39, 0.29) is 17.4 Å². The second kappa shape index (κ2) is 5.08. The van der Waals surface area contributed by atoms with Crippen molar-refractivity contribution in [1.29, 1.82) is 0 Å². The van der Waals surface area contributed by atoms with Crippen LogP contribution < -0.4 is 0 Å². The number of hydrogen-bond acceptors (Lipinski definition) is 2. The lowest BCUT2D eigenvalue weighted by atomic mass is 9.40. The number of carbonyl (C=O) groups is 1. The average molecular weight is 318 g/mol. The van der Waals surface area contributed by atoms with E-state index < -0.39 is 5.97 Å². The first kappa shape index (κ1) is 15.7. The minimum absolute atomic E-state index is 0.0441. The Bertz CT molecular complexity index is 553. The molecule has 3 heteroatoms. The molecule has 3 aliphatic carbocycles. The van der Waals surface area contributed by atoms with Gasteiger partial charge in [-0.15, -0.1) is 0 Å². The zero-order valence-electron chi connectivity index (χ0n) is 14.7. The summed E-state index contributed by atoms with van der Waals surface area (Å²) in [6.07, 6.45) is 9.05. The molecule has 23 heavy (non-hydrogen) atoms. The Hall–Kier alpha value is -0.830. The molecule has 3 fully saturated rings. The molecule has 0 bridgehead atoms. The molecule has 7 atom stereocenters. The van der Waals surface area contributed by atoms with Crippen molar-refractivity contribution in [3.8, 4) is 0 Å². The van der Waals surface area contributed by atoms with Crippen LogP contribution >= 0.6 is 0 Å². The lowest BCUT2D eigenvalue weighted by Crippen LogP contribution is -2.65. The third-order valence-corrected chi connectivity index (χ3v) is 8.30. The fourth-order valence-corrected chi connectivity index (χ4v) is 7.23. The number of carboxylic acid groups (broad SMARTS) is 1. The van der Waals surface area contributed by atoms with Gasteiger partial charge in [-0.05, 0) is 68.6 Å². The molecule has 0 unspecified atom stereocenters. The molecule has 0 aromatic rings. The number of aliphatic carboxylic acids is 1. The standard InChI is InChI=1S/C20H30O3/c1-12-5-4-9-19(2)15(12)11-17-20(3)14(8-10-23-17)13(18(21)22)6-7-16(19)20/h5,13-17H,4,6-11H2,1-3H3,(H,21,22)/t13-,14-,15-,16+,17+,19-,20-/m0/s1. The Labute approximate surface area is 139 Å². The van der Waals surface area contributed by atoms with E-state index in [2.05, 4.69) is 26.8 Å². The Balaban J connectivity index is 1.79. The minimum atomic E-state index is -0.581. The van der Waals surface area contributed by atoms with Gasteiger partial charge in [0.2, 0.25) is 0 Å². The first-order valence-electron chi connectivity index (χ1n) is 9.40. The third kappa shape index (κ3) is 1.95. The normalized spacial score (nSPS) is 52.1. The van der Waals surface area contributed by atoms with Crippen LogP contribution in [-0.4, -0.2) is 23.8 Å². The highest BCUT2D eigenvalue weighted by atomic mass is 16.5. The number of hydrogen-bond donors (Lipinski definition) is 1. The van der Waals surface area contributed by atoms with E-state index >= 15 is 0 Å². The summed E-state index contributed by atoms with van der Waals surface area (Å²) in [5, 5.41) is 9.74. The quantitative estimate of drug-likeness (QED) is 0.734. The van der Waals surface area contributed by atoms with Crippen LogP contribution in [0.2, 0.25) is 0 Å². The van der Waals surface area contributed by atoms with E-state index in [1.54, 1.807) is 5.57 Å². The van der Waals surface area contributed by atoms with Crippen LogP contribution in [-0.2, 0) is 9.53 Å². The molecular formula is C20H30O3. The second-order valence-electron chi connectivity index (χ2n) is 8.98. The van der Waals surface area contributed by atoms with Gasteiger partial charge in [0.05, 0.1) is 12.0 Å². The van der Waals surface area contributed by atoms with Crippen molar-refractivity contribution < 1.29 is 14.6 Å². The van der Waals surface area contributed by atoms with Gasteiger partial charge in [0.1, 0.15) is 0 Å². The van der Waals surface area contributed by atoms with Crippen LogP contribution in [0.15, 0.2) is 11.6 Å². The van der Waals surface area contributed by atoms with Crippen molar-refractivity contribution >= 4 is 5.97 Å². The summed E-state index contributed by atoms with van der Waals surface area (Å²) in [5.74, 6) is 0.773. The topological polar surface area (TPSA) is 46.5 Å². The van der Waals surface area contributed by atoms with Crippen LogP contribution in [0.3, 0.4) is 0 Å². The largest absolute Gasteiger partial charge is 0.481 e. The maximum absolute atomic E-state index is 11.8. The molecule has 1 saturated heterocycles. The lowest BCUT2D eigenvalue weighted by molar-refractivity contribution is -0.239. The zero-order valence-corrected chi connectivity index (χ0v) is 14.7. The monoisotopic (exact) mass is 318 g/mol. The molecule has 1 N–H and O–H groups in total. The molecular weight excluding hydrogens is 288 g/mol.